The summed E-state index contributed by atoms with van der Waals surface area (Å²) >= 11 is 0. The number of carbonyl (C=O) groups excluding carboxylic acids is 1. The molecule has 1 aromatic heterocycles. The molecule has 100 valence electrons. The van der Waals surface area contributed by atoms with Crippen LogP contribution in [0, 0.1) is 5.92 Å². The molecule has 1 aliphatic carbocycles. The van der Waals surface area contributed by atoms with Crippen LogP contribution in [0.1, 0.15) is 24.6 Å². The standard InChI is InChI=1S/C11H14F2N2O3/c12-9(13)6-17-4-3-10-14-11(18-15-10)5-8(16)7-1-2-7/h7,9H,1-6H2. The zero-order valence-electron chi connectivity index (χ0n) is 9.77. The SMILES string of the molecule is O=C(Cc1nc(CCOCC(F)F)no1)C1CC1. The maximum Gasteiger partial charge on any atom is 0.261 e. The first kappa shape index (κ1) is 13.1. The zero-order chi connectivity index (χ0) is 13.0. The van der Waals surface area contributed by atoms with Crippen LogP contribution in [0.25, 0.3) is 0 Å². The molecule has 7 heteroatoms. The van der Waals surface area contributed by atoms with Gasteiger partial charge in [0.25, 0.3) is 6.43 Å². The fourth-order valence-corrected chi connectivity index (χ4v) is 1.50. The highest BCUT2D eigenvalue weighted by Crippen LogP contribution is 2.30. The number of ether oxygens (including phenoxy) is 1. The number of alkyl halides is 2. The molecule has 0 radical (unpaired) electrons. The van der Waals surface area contributed by atoms with Gasteiger partial charge in [-0.05, 0) is 12.8 Å². The van der Waals surface area contributed by atoms with Gasteiger partial charge in [-0.25, -0.2) is 8.78 Å². The largest absolute Gasteiger partial charge is 0.375 e. The Labute approximate surface area is 103 Å². The molecule has 0 bridgehead atoms. The molecule has 0 spiro atoms. The van der Waals surface area contributed by atoms with Gasteiger partial charge in [-0.15, -0.1) is 0 Å². The number of nitrogens with zero attached hydrogens (tertiary/aromatic N) is 2. The van der Waals surface area contributed by atoms with Gasteiger partial charge in [-0.1, -0.05) is 5.16 Å². The van der Waals surface area contributed by atoms with Crippen molar-refractivity contribution in [2.75, 3.05) is 13.2 Å². The van der Waals surface area contributed by atoms with Crippen molar-refractivity contribution >= 4 is 5.78 Å². The Morgan fingerprint density at radius 1 is 1.50 bits per heavy atom. The van der Waals surface area contributed by atoms with E-state index in [-0.39, 0.29) is 30.6 Å². The van der Waals surface area contributed by atoms with Crippen LogP contribution in [0.2, 0.25) is 0 Å². The molecular formula is C11H14F2N2O3. The van der Waals surface area contributed by atoms with Gasteiger partial charge >= 0.3 is 0 Å². The number of halogens is 2. The lowest BCUT2D eigenvalue weighted by Gasteiger charge is -1.99. The van der Waals surface area contributed by atoms with E-state index in [1.54, 1.807) is 0 Å². The lowest BCUT2D eigenvalue weighted by molar-refractivity contribution is -0.119. The predicted molar refractivity (Wildman–Crippen MR) is 56.3 cm³/mol. The van der Waals surface area contributed by atoms with Gasteiger partial charge in [0.15, 0.2) is 5.82 Å². The Morgan fingerprint density at radius 3 is 2.94 bits per heavy atom. The molecule has 0 aromatic carbocycles. The smallest absolute Gasteiger partial charge is 0.261 e. The highest BCUT2D eigenvalue weighted by molar-refractivity contribution is 5.84. The minimum Gasteiger partial charge on any atom is -0.375 e. The second-order valence-electron chi connectivity index (χ2n) is 4.24. The molecule has 0 saturated heterocycles. The highest BCUT2D eigenvalue weighted by atomic mass is 19.3. The molecule has 2 rings (SSSR count). The number of aromatic nitrogens is 2. The van der Waals surface area contributed by atoms with Crippen molar-refractivity contribution in [3.8, 4) is 0 Å². The van der Waals surface area contributed by atoms with Gasteiger partial charge in [0, 0.05) is 12.3 Å². The first-order valence-corrected chi connectivity index (χ1v) is 5.85. The number of hydrogen-bond acceptors (Lipinski definition) is 5. The predicted octanol–water partition coefficient (Wildman–Crippen LogP) is 1.42. The molecule has 0 atom stereocenters. The van der Waals surface area contributed by atoms with Crippen LogP contribution in [0.5, 0.6) is 0 Å². The highest BCUT2D eigenvalue weighted by Gasteiger charge is 2.30. The minimum atomic E-state index is -2.47. The Kier molecular flexibility index (Phi) is 4.35. The van der Waals surface area contributed by atoms with Gasteiger partial charge in [0.1, 0.15) is 12.4 Å². The van der Waals surface area contributed by atoms with Crippen molar-refractivity contribution in [2.45, 2.75) is 32.1 Å². The van der Waals surface area contributed by atoms with E-state index in [0.717, 1.165) is 12.8 Å². The van der Waals surface area contributed by atoms with Crippen LogP contribution in [0.4, 0.5) is 8.78 Å². The Morgan fingerprint density at radius 2 is 2.28 bits per heavy atom. The third kappa shape index (κ3) is 4.14. The fourth-order valence-electron chi connectivity index (χ4n) is 1.50. The summed E-state index contributed by atoms with van der Waals surface area (Å²) in [4.78, 5) is 15.5. The number of rotatable bonds is 8. The van der Waals surface area contributed by atoms with Gasteiger partial charge in [0.05, 0.1) is 13.0 Å². The quantitative estimate of drug-likeness (QED) is 0.661. The van der Waals surface area contributed by atoms with E-state index in [0.29, 0.717) is 12.2 Å². The average molecular weight is 260 g/mol. The summed E-state index contributed by atoms with van der Waals surface area (Å²) in [6, 6.07) is 0. The molecule has 1 heterocycles. The molecule has 0 N–H and O–H groups in total. The molecule has 5 nitrogen and oxygen atoms in total. The molecule has 1 saturated carbocycles. The summed E-state index contributed by atoms with van der Waals surface area (Å²) in [7, 11) is 0. The monoisotopic (exact) mass is 260 g/mol. The van der Waals surface area contributed by atoms with Crippen molar-refractivity contribution in [3.63, 3.8) is 0 Å². The second kappa shape index (κ2) is 5.99. The lowest BCUT2D eigenvalue weighted by atomic mass is 10.2. The van der Waals surface area contributed by atoms with Crippen LogP contribution in [-0.4, -0.2) is 35.6 Å². The molecule has 0 unspecified atom stereocenters. The van der Waals surface area contributed by atoms with Gasteiger partial charge in [-0.2, -0.15) is 4.98 Å². The number of carbonyl (C=O) groups is 1. The average Bonchev–Trinajstić information content (AvgIpc) is 3.08. The van der Waals surface area contributed by atoms with E-state index >= 15 is 0 Å². The van der Waals surface area contributed by atoms with Gasteiger partial charge in [0.2, 0.25) is 5.89 Å². The van der Waals surface area contributed by atoms with E-state index in [1.165, 1.54) is 0 Å². The van der Waals surface area contributed by atoms with E-state index < -0.39 is 13.0 Å². The molecule has 0 aliphatic heterocycles. The maximum absolute atomic E-state index is 11.8. The fraction of sp³-hybridized carbons (Fsp3) is 0.727. The third-order valence-corrected chi connectivity index (χ3v) is 2.58. The topological polar surface area (TPSA) is 65.2 Å². The Balaban J connectivity index is 1.70. The van der Waals surface area contributed by atoms with E-state index in [9.17, 15) is 13.6 Å². The van der Waals surface area contributed by atoms with Crippen LogP contribution in [-0.2, 0) is 22.4 Å². The maximum atomic E-state index is 11.8. The molecule has 1 fully saturated rings. The Hall–Kier alpha value is -1.37. The summed E-state index contributed by atoms with van der Waals surface area (Å²) in [5.74, 6) is 0.951. The van der Waals surface area contributed by atoms with E-state index in [1.807, 2.05) is 0 Å². The second-order valence-corrected chi connectivity index (χ2v) is 4.24. The van der Waals surface area contributed by atoms with Gasteiger partial charge < -0.3 is 9.26 Å². The zero-order valence-corrected chi connectivity index (χ0v) is 9.77. The normalized spacial score (nSPS) is 15.3. The van der Waals surface area contributed by atoms with Crippen LogP contribution < -0.4 is 0 Å². The van der Waals surface area contributed by atoms with Crippen molar-refractivity contribution < 1.29 is 22.8 Å². The molecule has 1 aromatic rings. The first-order chi connectivity index (χ1) is 8.65. The molecule has 18 heavy (non-hydrogen) atoms. The van der Waals surface area contributed by atoms with Crippen molar-refractivity contribution in [2.24, 2.45) is 5.92 Å². The number of ketones is 1. The summed E-state index contributed by atoms with van der Waals surface area (Å²) in [5, 5.41) is 3.66. The molecular weight excluding hydrogens is 246 g/mol. The number of hydrogen-bond donors (Lipinski definition) is 0. The van der Waals surface area contributed by atoms with Crippen molar-refractivity contribution in [3.05, 3.63) is 11.7 Å². The van der Waals surface area contributed by atoms with Crippen LogP contribution in [0.3, 0.4) is 0 Å². The minimum absolute atomic E-state index is 0.111. The number of Topliss-reactive ketones (excluding diaryl/α,β-unsaturated/α-hetero) is 1. The van der Waals surface area contributed by atoms with Crippen LogP contribution in [0.15, 0.2) is 4.52 Å². The molecule has 0 amide bonds. The summed E-state index contributed by atoms with van der Waals surface area (Å²) in [6.45, 7) is -0.481. The summed E-state index contributed by atoms with van der Waals surface area (Å²) in [6.07, 6.45) is -0.117. The Bertz CT molecular complexity index is 405. The molecule has 1 aliphatic rings. The van der Waals surface area contributed by atoms with Gasteiger partial charge in [-0.3, -0.25) is 4.79 Å². The van der Waals surface area contributed by atoms with E-state index in [2.05, 4.69) is 10.1 Å². The summed E-state index contributed by atoms with van der Waals surface area (Å²) < 4.78 is 33.2. The third-order valence-electron chi connectivity index (χ3n) is 2.58. The van der Waals surface area contributed by atoms with Crippen molar-refractivity contribution in [1.82, 2.24) is 10.1 Å². The van der Waals surface area contributed by atoms with Crippen LogP contribution >= 0.6 is 0 Å². The summed E-state index contributed by atoms with van der Waals surface area (Å²) in [5.41, 5.74) is 0. The lowest BCUT2D eigenvalue weighted by Crippen LogP contribution is -2.08. The van der Waals surface area contributed by atoms with E-state index in [4.69, 9.17) is 9.26 Å². The van der Waals surface area contributed by atoms with Crippen molar-refractivity contribution in [1.29, 1.82) is 0 Å². The first-order valence-electron chi connectivity index (χ1n) is 5.85.